The molecule has 0 radical (unpaired) electrons. The van der Waals surface area contributed by atoms with Crippen LogP contribution in [0.2, 0.25) is 0 Å². The van der Waals surface area contributed by atoms with Crippen LogP contribution in [0.3, 0.4) is 0 Å². The molecule has 0 amide bonds. The van der Waals surface area contributed by atoms with Gasteiger partial charge in [-0.05, 0) is 18.8 Å². The van der Waals surface area contributed by atoms with Crippen molar-refractivity contribution in [1.82, 2.24) is 14.7 Å². The first-order chi connectivity index (χ1) is 8.42. The van der Waals surface area contributed by atoms with Gasteiger partial charge in [0.1, 0.15) is 0 Å². The van der Waals surface area contributed by atoms with Crippen LogP contribution >= 0.6 is 0 Å². The van der Waals surface area contributed by atoms with Gasteiger partial charge in [-0.1, -0.05) is 6.92 Å². The van der Waals surface area contributed by atoms with E-state index in [1.165, 1.54) is 12.5 Å². The molecule has 0 aliphatic rings. The predicted octanol–water partition coefficient (Wildman–Crippen LogP) is 0.579. The van der Waals surface area contributed by atoms with Gasteiger partial charge in [0.15, 0.2) is 5.03 Å². The van der Waals surface area contributed by atoms with E-state index in [9.17, 15) is 13.2 Å². The lowest BCUT2D eigenvalue weighted by molar-refractivity contribution is -0.137. The second-order valence-corrected chi connectivity index (χ2v) is 5.88. The van der Waals surface area contributed by atoms with Crippen LogP contribution in [-0.2, 0) is 14.8 Å². The molecule has 1 heterocycles. The lowest BCUT2D eigenvalue weighted by atomic mass is 10.0. The van der Waals surface area contributed by atoms with Crippen molar-refractivity contribution >= 4 is 16.0 Å². The molecule has 1 aromatic rings. The van der Waals surface area contributed by atoms with E-state index in [4.69, 9.17) is 5.11 Å². The molecule has 18 heavy (non-hydrogen) atoms. The maximum absolute atomic E-state index is 11.7. The standard InChI is InChI=1S/C10H17N3O4S/c1-8(2-3-10(14)15)4-5-13-18(16,17)9-6-11-7-12-9/h6-8,13H,2-5H2,1H3,(H,11,12)(H,14,15). The van der Waals surface area contributed by atoms with Crippen molar-refractivity contribution in [2.75, 3.05) is 6.54 Å². The van der Waals surface area contributed by atoms with Crippen molar-refractivity contribution in [3.8, 4) is 0 Å². The summed E-state index contributed by atoms with van der Waals surface area (Å²) in [4.78, 5) is 16.5. The van der Waals surface area contributed by atoms with Crippen molar-refractivity contribution in [3.63, 3.8) is 0 Å². The Balaban J connectivity index is 2.31. The molecule has 3 N–H and O–H groups in total. The molecular weight excluding hydrogens is 258 g/mol. The molecule has 1 unspecified atom stereocenters. The summed E-state index contributed by atoms with van der Waals surface area (Å²) in [5, 5.41) is 8.55. The summed E-state index contributed by atoms with van der Waals surface area (Å²) < 4.78 is 25.8. The first-order valence-electron chi connectivity index (χ1n) is 5.61. The van der Waals surface area contributed by atoms with E-state index in [2.05, 4.69) is 14.7 Å². The van der Waals surface area contributed by atoms with Gasteiger partial charge in [0.05, 0.1) is 12.5 Å². The lowest BCUT2D eigenvalue weighted by Crippen LogP contribution is -2.26. The summed E-state index contributed by atoms with van der Waals surface area (Å²) in [6.45, 7) is 2.18. The minimum atomic E-state index is -3.53. The number of carboxylic acids is 1. The summed E-state index contributed by atoms with van der Waals surface area (Å²) in [7, 11) is -3.53. The quantitative estimate of drug-likeness (QED) is 0.642. The van der Waals surface area contributed by atoms with Crippen molar-refractivity contribution < 1.29 is 18.3 Å². The maximum Gasteiger partial charge on any atom is 0.303 e. The smallest absolute Gasteiger partial charge is 0.303 e. The number of aromatic amines is 1. The van der Waals surface area contributed by atoms with Gasteiger partial charge < -0.3 is 10.1 Å². The van der Waals surface area contributed by atoms with Crippen LogP contribution in [0.1, 0.15) is 26.2 Å². The van der Waals surface area contributed by atoms with E-state index < -0.39 is 16.0 Å². The van der Waals surface area contributed by atoms with Crippen LogP contribution < -0.4 is 4.72 Å². The van der Waals surface area contributed by atoms with Gasteiger partial charge in [0.25, 0.3) is 10.0 Å². The van der Waals surface area contributed by atoms with E-state index >= 15 is 0 Å². The highest BCUT2D eigenvalue weighted by Crippen LogP contribution is 2.10. The number of aromatic nitrogens is 2. The van der Waals surface area contributed by atoms with Crippen LogP contribution in [0.25, 0.3) is 0 Å². The third-order valence-corrected chi connectivity index (χ3v) is 3.93. The highest BCUT2D eigenvalue weighted by molar-refractivity contribution is 7.89. The van der Waals surface area contributed by atoms with Crippen LogP contribution in [0.15, 0.2) is 17.6 Å². The van der Waals surface area contributed by atoms with E-state index in [0.29, 0.717) is 12.8 Å². The number of rotatable bonds is 8. The zero-order chi connectivity index (χ0) is 13.6. The Morgan fingerprint density at radius 3 is 2.83 bits per heavy atom. The SMILES string of the molecule is CC(CCNS(=O)(=O)c1cnc[nH]1)CCC(=O)O. The molecule has 0 aliphatic heterocycles. The number of carbonyl (C=O) groups is 1. The second-order valence-electron chi connectivity index (χ2n) is 4.14. The molecule has 7 nitrogen and oxygen atoms in total. The number of H-pyrrole nitrogens is 1. The fourth-order valence-corrected chi connectivity index (χ4v) is 2.37. The molecule has 1 rings (SSSR count). The van der Waals surface area contributed by atoms with Crippen molar-refractivity contribution in [3.05, 3.63) is 12.5 Å². The van der Waals surface area contributed by atoms with E-state index in [1.54, 1.807) is 0 Å². The van der Waals surface area contributed by atoms with Crippen LogP contribution in [-0.4, -0.2) is 36.0 Å². The number of nitrogens with one attached hydrogen (secondary N) is 2. The molecule has 0 saturated carbocycles. The number of imidazole rings is 1. The van der Waals surface area contributed by atoms with E-state index in [0.717, 1.165) is 0 Å². The van der Waals surface area contributed by atoms with Gasteiger partial charge in [0.2, 0.25) is 0 Å². The number of hydrogen-bond acceptors (Lipinski definition) is 4. The minimum absolute atomic E-state index is 0.0284. The molecule has 1 atom stereocenters. The third-order valence-electron chi connectivity index (χ3n) is 2.54. The number of carboxylic acid groups (broad SMARTS) is 1. The third kappa shape index (κ3) is 4.84. The van der Waals surface area contributed by atoms with Gasteiger partial charge in [-0.2, -0.15) is 0 Å². The molecular formula is C10H17N3O4S. The number of hydrogen-bond donors (Lipinski definition) is 3. The van der Waals surface area contributed by atoms with Crippen molar-refractivity contribution in [2.24, 2.45) is 5.92 Å². The zero-order valence-electron chi connectivity index (χ0n) is 10.1. The highest BCUT2D eigenvalue weighted by Gasteiger charge is 2.15. The van der Waals surface area contributed by atoms with Gasteiger partial charge in [-0.3, -0.25) is 4.79 Å². The number of nitrogens with zero attached hydrogens (tertiary/aromatic N) is 1. The van der Waals surface area contributed by atoms with E-state index in [-0.39, 0.29) is 23.9 Å². The Kier molecular flexibility index (Phi) is 5.29. The Labute approximate surface area is 106 Å². The topological polar surface area (TPSA) is 112 Å². The second kappa shape index (κ2) is 6.50. The van der Waals surface area contributed by atoms with Crippen LogP contribution in [0.5, 0.6) is 0 Å². The first kappa shape index (κ1) is 14.7. The maximum atomic E-state index is 11.7. The Morgan fingerprint density at radius 1 is 1.56 bits per heavy atom. The molecule has 0 fully saturated rings. The minimum Gasteiger partial charge on any atom is -0.481 e. The van der Waals surface area contributed by atoms with Crippen molar-refractivity contribution in [1.29, 1.82) is 0 Å². The largest absolute Gasteiger partial charge is 0.481 e. The van der Waals surface area contributed by atoms with Gasteiger partial charge in [-0.15, -0.1) is 0 Å². The van der Waals surface area contributed by atoms with Crippen molar-refractivity contribution in [2.45, 2.75) is 31.2 Å². The molecule has 8 heteroatoms. The highest BCUT2D eigenvalue weighted by atomic mass is 32.2. The number of aliphatic carboxylic acids is 1. The average Bonchev–Trinajstić information content (AvgIpc) is 2.80. The van der Waals surface area contributed by atoms with Gasteiger partial charge >= 0.3 is 5.97 Å². The Morgan fingerprint density at radius 2 is 2.28 bits per heavy atom. The fourth-order valence-electron chi connectivity index (χ4n) is 1.42. The molecule has 102 valence electrons. The first-order valence-corrected chi connectivity index (χ1v) is 7.10. The fraction of sp³-hybridized carbons (Fsp3) is 0.600. The Hall–Kier alpha value is -1.41. The normalized spacial score (nSPS) is 13.4. The molecule has 1 aromatic heterocycles. The van der Waals surface area contributed by atoms with Gasteiger partial charge in [0, 0.05) is 13.0 Å². The molecule has 0 aliphatic carbocycles. The summed E-state index contributed by atoms with van der Waals surface area (Å²) in [5.74, 6) is -0.676. The number of sulfonamides is 1. The molecule has 0 spiro atoms. The summed E-state index contributed by atoms with van der Waals surface area (Å²) >= 11 is 0. The Bertz CT molecular complexity index is 469. The molecule has 0 bridgehead atoms. The van der Waals surface area contributed by atoms with Gasteiger partial charge in [-0.25, -0.2) is 18.1 Å². The average molecular weight is 275 g/mol. The zero-order valence-corrected chi connectivity index (χ0v) is 10.9. The van der Waals surface area contributed by atoms with Crippen LogP contribution in [0.4, 0.5) is 0 Å². The molecule has 0 saturated heterocycles. The lowest BCUT2D eigenvalue weighted by Gasteiger charge is -2.10. The molecule has 0 aromatic carbocycles. The van der Waals surface area contributed by atoms with E-state index in [1.807, 2.05) is 6.92 Å². The van der Waals surface area contributed by atoms with Crippen LogP contribution in [0, 0.1) is 5.92 Å². The summed E-state index contributed by atoms with van der Waals surface area (Å²) in [6, 6.07) is 0. The monoisotopic (exact) mass is 275 g/mol. The summed E-state index contributed by atoms with van der Waals surface area (Å²) in [6.07, 6.45) is 3.77. The predicted molar refractivity (Wildman–Crippen MR) is 64.4 cm³/mol. The summed E-state index contributed by atoms with van der Waals surface area (Å²) in [5.41, 5.74) is 0.